The quantitative estimate of drug-likeness (QED) is 0.858. The fourth-order valence-electron chi connectivity index (χ4n) is 1.96. The van der Waals surface area contributed by atoms with E-state index in [-0.39, 0.29) is 0 Å². The predicted molar refractivity (Wildman–Crippen MR) is 73.4 cm³/mol. The Bertz CT molecular complexity index is 537. The molecule has 0 saturated carbocycles. The van der Waals surface area contributed by atoms with Crippen LogP contribution in [-0.4, -0.2) is 23.8 Å². The molecule has 0 atom stereocenters. The van der Waals surface area contributed by atoms with Gasteiger partial charge in [0.2, 0.25) is 0 Å². The first kappa shape index (κ1) is 13.4. The monoisotopic (exact) mass is 261 g/mol. The van der Waals surface area contributed by atoms with Crippen LogP contribution in [0.25, 0.3) is 0 Å². The van der Waals surface area contributed by atoms with E-state index in [1.807, 2.05) is 29.0 Å². The summed E-state index contributed by atoms with van der Waals surface area (Å²) >= 11 is 0. The van der Waals surface area contributed by atoms with E-state index in [0.717, 1.165) is 35.7 Å². The Labute approximate surface area is 113 Å². The number of hydrogen-bond donors (Lipinski definition) is 1. The zero-order valence-electron chi connectivity index (χ0n) is 11.3. The molecular weight excluding hydrogens is 242 g/mol. The van der Waals surface area contributed by atoms with Crippen LogP contribution in [0.15, 0.2) is 30.7 Å². The standard InChI is InChI=1S/C14H19N3O2/c1-18-13-3-4-14(19-2)11(7-13)5-6-17-9-12(8-15)16-10-17/h3-4,7,9-10H,5-6,8,15H2,1-2H3. The third-order valence-electron chi connectivity index (χ3n) is 3.02. The van der Waals surface area contributed by atoms with E-state index in [9.17, 15) is 0 Å². The van der Waals surface area contributed by atoms with Gasteiger partial charge in [0.25, 0.3) is 0 Å². The lowest BCUT2D eigenvalue weighted by Crippen LogP contribution is -2.01. The zero-order valence-corrected chi connectivity index (χ0v) is 11.3. The predicted octanol–water partition coefficient (Wildman–Crippen LogP) is 1.60. The maximum absolute atomic E-state index is 5.54. The third-order valence-corrected chi connectivity index (χ3v) is 3.02. The van der Waals surface area contributed by atoms with Crippen LogP contribution in [0.5, 0.6) is 11.5 Å². The van der Waals surface area contributed by atoms with Crippen LogP contribution in [0.1, 0.15) is 11.3 Å². The zero-order chi connectivity index (χ0) is 13.7. The van der Waals surface area contributed by atoms with Gasteiger partial charge in [0.05, 0.1) is 26.2 Å². The molecule has 5 nitrogen and oxygen atoms in total. The number of benzene rings is 1. The lowest BCUT2D eigenvalue weighted by atomic mass is 10.1. The number of hydrogen-bond acceptors (Lipinski definition) is 4. The number of aryl methyl sites for hydroxylation is 2. The first-order valence-electron chi connectivity index (χ1n) is 6.18. The lowest BCUT2D eigenvalue weighted by Gasteiger charge is -2.10. The molecule has 0 radical (unpaired) electrons. The van der Waals surface area contributed by atoms with Gasteiger partial charge < -0.3 is 19.8 Å². The number of nitrogens with zero attached hydrogens (tertiary/aromatic N) is 2. The molecule has 1 heterocycles. The van der Waals surface area contributed by atoms with Crippen LogP contribution < -0.4 is 15.2 Å². The lowest BCUT2D eigenvalue weighted by molar-refractivity contribution is 0.397. The summed E-state index contributed by atoms with van der Waals surface area (Å²) in [4.78, 5) is 4.21. The van der Waals surface area contributed by atoms with Gasteiger partial charge in [-0.1, -0.05) is 0 Å². The van der Waals surface area contributed by atoms with Crippen molar-refractivity contribution in [3.8, 4) is 11.5 Å². The van der Waals surface area contributed by atoms with E-state index in [0.29, 0.717) is 6.54 Å². The fourth-order valence-corrected chi connectivity index (χ4v) is 1.96. The molecule has 0 bridgehead atoms. The van der Waals surface area contributed by atoms with Crippen molar-refractivity contribution in [2.24, 2.45) is 5.73 Å². The Balaban J connectivity index is 2.09. The Morgan fingerprint density at radius 3 is 2.74 bits per heavy atom. The van der Waals surface area contributed by atoms with Gasteiger partial charge in [0.15, 0.2) is 0 Å². The van der Waals surface area contributed by atoms with Gasteiger partial charge in [-0.3, -0.25) is 0 Å². The van der Waals surface area contributed by atoms with Gasteiger partial charge in [-0.15, -0.1) is 0 Å². The molecular formula is C14H19N3O2. The largest absolute Gasteiger partial charge is 0.497 e. The molecule has 0 aliphatic heterocycles. The maximum atomic E-state index is 5.54. The summed E-state index contributed by atoms with van der Waals surface area (Å²) in [5.74, 6) is 1.71. The van der Waals surface area contributed by atoms with Crippen LogP contribution >= 0.6 is 0 Å². The van der Waals surface area contributed by atoms with Crippen LogP contribution in [-0.2, 0) is 19.5 Å². The number of rotatable bonds is 6. The highest BCUT2D eigenvalue weighted by Crippen LogP contribution is 2.24. The highest BCUT2D eigenvalue weighted by Gasteiger charge is 2.05. The number of ether oxygens (including phenoxy) is 2. The van der Waals surface area contributed by atoms with Crippen LogP contribution in [0.2, 0.25) is 0 Å². The Morgan fingerprint density at radius 1 is 1.26 bits per heavy atom. The van der Waals surface area contributed by atoms with Gasteiger partial charge in [0.1, 0.15) is 11.5 Å². The highest BCUT2D eigenvalue weighted by atomic mass is 16.5. The number of methoxy groups -OCH3 is 2. The van der Waals surface area contributed by atoms with Crippen LogP contribution in [0, 0.1) is 0 Å². The van der Waals surface area contributed by atoms with Crippen molar-refractivity contribution >= 4 is 0 Å². The molecule has 0 aliphatic carbocycles. The Hall–Kier alpha value is -2.01. The molecule has 0 aliphatic rings. The minimum absolute atomic E-state index is 0.468. The summed E-state index contributed by atoms with van der Waals surface area (Å²) in [6.07, 6.45) is 4.61. The molecule has 2 N–H and O–H groups in total. The smallest absolute Gasteiger partial charge is 0.122 e. The molecule has 0 fully saturated rings. The second-order valence-corrected chi connectivity index (χ2v) is 4.23. The van der Waals surface area contributed by atoms with E-state index in [1.54, 1.807) is 20.5 Å². The van der Waals surface area contributed by atoms with Gasteiger partial charge in [-0.05, 0) is 30.2 Å². The molecule has 2 aromatic rings. The highest BCUT2D eigenvalue weighted by molar-refractivity contribution is 5.40. The topological polar surface area (TPSA) is 62.3 Å². The first-order valence-corrected chi connectivity index (χ1v) is 6.18. The summed E-state index contributed by atoms with van der Waals surface area (Å²) in [5.41, 5.74) is 7.56. The van der Waals surface area contributed by atoms with E-state index in [2.05, 4.69) is 4.98 Å². The number of imidazole rings is 1. The minimum atomic E-state index is 0.468. The van der Waals surface area contributed by atoms with Gasteiger partial charge >= 0.3 is 0 Å². The summed E-state index contributed by atoms with van der Waals surface area (Å²) in [6, 6.07) is 5.82. The van der Waals surface area contributed by atoms with E-state index >= 15 is 0 Å². The van der Waals surface area contributed by atoms with Gasteiger partial charge in [-0.2, -0.15) is 0 Å². The first-order chi connectivity index (χ1) is 9.26. The molecule has 5 heteroatoms. The van der Waals surface area contributed by atoms with E-state index in [4.69, 9.17) is 15.2 Å². The average molecular weight is 261 g/mol. The third kappa shape index (κ3) is 3.26. The minimum Gasteiger partial charge on any atom is -0.497 e. The van der Waals surface area contributed by atoms with Gasteiger partial charge in [0, 0.05) is 19.3 Å². The Kier molecular flexibility index (Phi) is 4.41. The second kappa shape index (κ2) is 6.24. The average Bonchev–Trinajstić information content (AvgIpc) is 2.92. The normalized spacial score (nSPS) is 10.5. The molecule has 1 aromatic carbocycles. The maximum Gasteiger partial charge on any atom is 0.122 e. The summed E-state index contributed by atoms with van der Waals surface area (Å²) in [5, 5.41) is 0. The molecule has 0 amide bonds. The molecule has 0 spiro atoms. The van der Waals surface area contributed by atoms with Crippen molar-refractivity contribution in [1.29, 1.82) is 0 Å². The van der Waals surface area contributed by atoms with Gasteiger partial charge in [-0.25, -0.2) is 4.98 Å². The van der Waals surface area contributed by atoms with E-state index in [1.165, 1.54) is 0 Å². The molecule has 0 saturated heterocycles. The molecule has 19 heavy (non-hydrogen) atoms. The summed E-state index contributed by atoms with van der Waals surface area (Å²) in [7, 11) is 3.34. The van der Waals surface area contributed by atoms with Crippen molar-refractivity contribution in [2.45, 2.75) is 19.5 Å². The van der Waals surface area contributed by atoms with Crippen molar-refractivity contribution in [1.82, 2.24) is 9.55 Å². The SMILES string of the molecule is COc1ccc(OC)c(CCn2cnc(CN)c2)c1. The number of aromatic nitrogens is 2. The van der Waals surface area contributed by atoms with Crippen molar-refractivity contribution in [2.75, 3.05) is 14.2 Å². The van der Waals surface area contributed by atoms with E-state index < -0.39 is 0 Å². The molecule has 102 valence electrons. The molecule has 2 rings (SSSR count). The van der Waals surface area contributed by atoms with Crippen molar-refractivity contribution in [3.05, 3.63) is 42.0 Å². The fraction of sp³-hybridized carbons (Fsp3) is 0.357. The summed E-state index contributed by atoms with van der Waals surface area (Å²) in [6.45, 7) is 1.30. The Morgan fingerprint density at radius 2 is 2.11 bits per heavy atom. The van der Waals surface area contributed by atoms with Crippen molar-refractivity contribution < 1.29 is 9.47 Å². The van der Waals surface area contributed by atoms with Crippen molar-refractivity contribution in [3.63, 3.8) is 0 Å². The molecule has 0 unspecified atom stereocenters. The summed E-state index contributed by atoms with van der Waals surface area (Å²) < 4.78 is 12.6. The molecule has 1 aromatic heterocycles. The number of nitrogens with two attached hydrogens (primary N) is 1. The second-order valence-electron chi connectivity index (χ2n) is 4.23. The van der Waals surface area contributed by atoms with Crippen LogP contribution in [0.3, 0.4) is 0 Å². The van der Waals surface area contributed by atoms with Crippen LogP contribution in [0.4, 0.5) is 0 Å².